The van der Waals surface area contributed by atoms with Crippen LogP contribution in [0, 0.1) is 0 Å². The third kappa shape index (κ3) is 3.83. The van der Waals surface area contributed by atoms with Gasteiger partial charge in [-0.15, -0.1) is 0 Å². The zero-order valence-corrected chi connectivity index (χ0v) is 19.8. The average Bonchev–Trinajstić information content (AvgIpc) is 3.35. The molecule has 0 spiro atoms. The molecule has 0 aliphatic rings. The van der Waals surface area contributed by atoms with Gasteiger partial charge in [-0.3, -0.25) is 0 Å². The van der Waals surface area contributed by atoms with Crippen molar-refractivity contribution in [3.63, 3.8) is 0 Å². The minimum Gasteiger partial charge on any atom is -0.390 e. The summed E-state index contributed by atoms with van der Waals surface area (Å²) >= 11 is 0. The fraction of sp³-hybridized carbons (Fsp3) is 0.609. The molecule has 3 rings (SSSR count). The van der Waals surface area contributed by atoms with Crippen LogP contribution in [0.1, 0.15) is 79.4 Å². The van der Waals surface area contributed by atoms with Gasteiger partial charge in [0.2, 0.25) is 0 Å². The Bertz CT molecular complexity index is 877. The summed E-state index contributed by atoms with van der Waals surface area (Å²) in [4.78, 5) is 0. The Morgan fingerprint density at radius 3 is 1.03 bits per heavy atom. The van der Waals surface area contributed by atoms with E-state index in [4.69, 9.17) is 15.3 Å². The van der Waals surface area contributed by atoms with Crippen molar-refractivity contribution in [3.05, 3.63) is 53.9 Å². The van der Waals surface area contributed by atoms with Crippen LogP contribution >= 0.6 is 0 Å². The molecule has 7 heteroatoms. The van der Waals surface area contributed by atoms with Crippen LogP contribution in [-0.2, 0) is 22.0 Å². The van der Waals surface area contributed by atoms with Gasteiger partial charge in [0.15, 0.2) is 0 Å². The molecule has 3 aromatic rings. The summed E-state index contributed by atoms with van der Waals surface area (Å²) in [6.07, 6.45) is 5.69. The van der Waals surface area contributed by atoms with Crippen LogP contribution in [0.15, 0.2) is 36.8 Å². The zero-order valence-electron chi connectivity index (χ0n) is 19.8. The lowest BCUT2D eigenvalue weighted by Gasteiger charge is -2.33. The Labute approximate surface area is 179 Å². The summed E-state index contributed by atoms with van der Waals surface area (Å²) in [6, 6.07) is 5.98. The highest BCUT2D eigenvalue weighted by atomic mass is 16.3. The Morgan fingerprint density at radius 2 is 0.867 bits per heavy atom. The Kier molecular flexibility index (Phi) is 5.26. The molecular weight excluding hydrogens is 376 g/mol. The van der Waals surface area contributed by atoms with Gasteiger partial charge in [0, 0.05) is 34.8 Å². The van der Waals surface area contributed by atoms with E-state index in [-0.39, 0.29) is 22.9 Å². The molecule has 0 saturated heterocycles. The molecule has 3 aromatic heterocycles. The summed E-state index contributed by atoms with van der Waals surface area (Å²) in [5.41, 5.74) is 2.46. The van der Waals surface area contributed by atoms with E-state index in [1.807, 2.05) is 36.8 Å². The van der Waals surface area contributed by atoms with Gasteiger partial charge in [-0.05, 0) is 18.2 Å². The molecule has 0 aliphatic carbocycles. The second-order valence-corrected chi connectivity index (χ2v) is 11.1. The number of aromatic nitrogens is 6. The summed E-state index contributed by atoms with van der Waals surface area (Å²) in [7, 11) is 0. The monoisotopic (exact) mass is 412 g/mol. The molecule has 0 atom stereocenters. The predicted molar refractivity (Wildman–Crippen MR) is 119 cm³/mol. The standard InChI is InChI=1S/C23H36N6O/c1-20(2,3)17-10-13-27(24-17)23(16-30,28-14-11-18(25-28)21(4,5)6)29-15-12-19(26-29)22(7,8)9/h10-15,30H,16H2,1-9H3. The fourth-order valence-corrected chi connectivity index (χ4v) is 3.30. The lowest BCUT2D eigenvalue weighted by Crippen LogP contribution is -2.52. The Balaban J connectivity index is 2.26. The van der Waals surface area contributed by atoms with E-state index in [0.717, 1.165) is 17.1 Å². The minimum atomic E-state index is -1.14. The topological polar surface area (TPSA) is 73.7 Å². The molecule has 0 bridgehead atoms. The molecule has 3 heterocycles. The van der Waals surface area contributed by atoms with Crippen molar-refractivity contribution in [1.29, 1.82) is 0 Å². The van der Waals surface area contributed by atoms with Gasteiger partial charge in [-0.25, -0.2) is 14.0 Å². The molecule has 0 aromatic carbocycles. The maximum atomic E-state index is 10.8. The summed E-state index contributed by atoms with van der Waals surface area (Å²) in [6.45, 7) is 18.8. The van der Waals surface area contributed by atoms with E-state index < -0.39 is 5.79 Å². The number of aliphatic hydroxyl groups is 1. The van der Waals surface area contributed by atoms with Crippen LogP contribution < -0.4 is 0 Å². The molecule has 0 amide bonds. The van der Waals surface area contributed by atoms with Crippen molar-refractivity contribution >= 4 is 0 Å². The molecule has 1 N–H and O–H groups in total. The van der Waals surface area contributed by atoms with Crippen LogP contribution in [-0.4, -0.2) is 41.1 Å². The van der Waals surface area contributed by atoms with Gasteiger partial charge in [-0.1, -0.05) is 62.3 Å². The summed E-state index contributed by atoms with van der Waals surface area (Å²) in [5, 5.41) is 25.4. The SMILES string of the molecule is CC(C)(C)c1ccn(C(CO)(n2ccc(C(C)(C)C)n2)n2ccc(C(C)(C)C)n2)n1. The van der Waals surface area contributed by atoms with Gasteiger partial charge in [0.1, 0.15) is 6.61 Å². The van der Waals surface area contributed by atoms with Gasteiger partial charge in [0.05, 0.1) is 17.1 Å². The largest absolute Gasteiger partial charge is 0.390 e. The number of nitrogens with zero attached hydrogens (tertiary/aromatic N) is 6. The third-order valence-electron chi connectivity index (χ3n) is 5.39. The van der Waals surface area contributed by atoms with Crippen molar-refractivity contribution in [1.82, 2.24) is 29.3 Å². The minimum absolute atomic E-state index is 0.117. The van der Waals surface area contributed by atoms with Crippen molar-refractivity contribution in [2.75, 3.05) is 6.61 Å². The van der Waals surface area contributed by atoms with Gasteiger partial charge in [0.25, 0.3) is 5.79 Å². The Morgan fingerprint density at radius 1 is 0.600 bits per heavy atom. The first-order chi connectivity index (χ1) is 13.7. The maximum absolute atomic E-state index is 10.8. The van der Waals surface area contributed by atoms with Crippen molar-refractivity contribution in [2.24, 2.45) is 0 Å². The molecule has 0 unspecified atom stereocenters. The first-order valence-corrected chi connectivity index (χ1v) is 10.5. The molecule has 0 fully saturated rings. The second-order valence-electron chi connectivity index (χ2n) is 11.1. The van der Waals surface area contributed by atoms with Crippen LogP contribution in [0.25, 0.3) is 0 Å². The molecular formula is C23H36N6O. The predicted octanol–water partition coefficient (Wildman–Crippen LogP) is 3.87. The molecule has 0 aliphatic heterocycles. The van der Waals surface area contributed by atoms with Crippen molar-refractivity contribution < 1.29 is 5.11 Å². The molecule has 0 saturated carbocycles. The Hall–Kier alpha value is -2.41. The van der Waals surface area contributed by atoms with Crippen LogP contribution in [0.3, 0.4) is 0 Å². The number of hydrogen-bond donors (Lipinski definition) is 1. The zero-order chi connectivity index (χ0) is 22.5. The lowest BCUT2D eigenvalue weighted by atomic mass is 9.93. The van der Waals surface area contributed by atoms with E-state index >= 15 is 0 Å². The summed E-state index contributed by atoms with van der Waals surface area (Å²) < 4.78 is 5.31. The van der Waals surface area contributed by atoms with Gasteiger partial charge < -0.3 is 5.11 Å². The highest BCUT2D eigenvalue weighted by Crippen LogP contribution is 2.29. The second kappa shape index (κ2) is 7.08. The first kappa shape index (κ1) is 22.3. The quantitative estimate of drug-likeness (QED) is 0.706. The van der Waals surface area contributed by atoms with Gasteiger partial charge in [-0.2, -0.15) is 15.3 Å². The molecule has 0 radical (unpaired) electrons. The van der Waals surface area contributed by atoms with E-state index in [9.17, 15) is 5.11 Å². The van der Waals surface area contributed by atoms with Crippen LogP contribution in [0.4, 0.5) is 0 Å². The maximum Gasteiger partial charge on any atom is 0.272 e. The first-order valence-electron chi connectivity index (χ1n) is 10.5. The van der Waals surface area contributed by atoms with E-state index in [1.165, 1.54) is 0 Å². The highest BCUT2D eigenvalue weighted by molar-refractivity contribution is 5.16. The van der Waals surface area contributed by atoms with Gasteiger partial charge >= 0.3 is 0 Å². The van der Waals surface area contributed by atoms with Crippen molar-refractivity contribution in [3.8, 4) is 0 Å². The molecule has 164 valence electrons. The smallest absolute Gasteiger partial charge is 0.272 e. The molecule has 7 nitrogen and oxygen atoms in total. The van der Waals surface area contributed by atoms with E-state index in [0.29, 0.717) is 0 Å². The van der Waals surface area contributed by atoms with Crippen molar-refractivity contribution in [2.45, 2.75) is 84.3 Å². The van der Waals surface area contributed by atoms with E-state index in [1.54, 1.807) is 14.0 Å². The number of hydrogen-bond acceptors (Lipinski definition) is 4. The fourth-order valence-electron chi connectivity index (χ4n) is 3.30. The number of aliphatic hydroxyl groups excluding tert-OH is 1. The van der Waals surface area contributed by atoms with Crippen LogP contribution in [0.5, 0.6) is 0 Å². The van der Waals surface area contributed by atoms with Crippen LogP contribution in [0.2, 0.25) is 0 Å². The lowest BCUT2D eigenvalue weighted by molar-refractivity contribution is 0.0347. The summed E-state index contributed by atoms with van der Waals surface area (Å²) in [5.74, 6) is -1.14. The third-order valence-corrected chi connectivity index (χ3v) is 5.39. The number of rotatable bonds is 4. The molecule has 30 heavy (non-hydrogen) atoms. The van der Waals surface area contributed by atoms with E-state index in [2.05, 4.69) is 62.3 Å². The average molecular weight is 413 g/mol. The normalized spacial score (nSPS) is 13.8. The highest BCUT2D eigenvalue weighted by Gasteiger charge is 2.40.